The van der Waals surface area contributed by atoms with Crippen LogP contribution in [0.15, 0.2) is 41.3 Å². The van der Waals surface area contributed by atoms with Crippen molar-refractivity contribution in [1.82, 2.24) is 18.3 Å². The predicted molar refractivity (Wildman–Crippen MR) is 155 cm³/mol. The Kier molecular flexibility index (Phi) is 11.8. The molecule has 4 heterocycles. The normalized spacial score (nSPS) is 12.8. The van der Waals surface area contributed by atoms with Crippen LogP contribution in [0.2, 0.25) is 0 Å². The Bertz CT molecular complexity index is 1690. The second-order valence-corrected chi connectivity index (χ2v) is 9.04. The lowest BCUT2D eigenvalue weighted by Gasteiger charge is -2.05. The molecule has 0 atom stereocenters. The van der Waals surface area contributed by atoms with Gasteiger partial charge in [-0.15, -0.1) is 0 Å². The maximum absolute atomic E-state index is 12.0. The lowest BCUT2D eigenvalue weighted by molar-refractivity contribution is -0.143. The average molecular weight is 589 g/mol. The van der Waals surface area contributed by atoms with Gasteiger partial charge in [0.15, 0.2) is 0 Å². The summed E-state index contributed by atoms with van der Waals surface area (Å²) in [5, 5.41) is 7.00. The fourth-order valence-corrected chi connectivity index (χ4v) is 4.22. The number of aliphatic imine (C=N–C) groups is 2. The molecule has 0 amide bonds. The van der Waals surface area contributed by atoms with Crippen LogP contribution in [0.4, 0.5) is 11.6 Å². The maximum Gasteiger partial charge on any atom is 0.332 e. The zero-order valence-electron chi connectivity index (χ0n) is 24.8. The van der Waals surface area contributed by atoms with E-state index in [1.54, 1.807) is 27.9 Å². The molecule has 0 saturated heterocycles. The summed E-state index contributed by atoms with van der Waals surface area (Å²) < 4.78 is 14.4. The molecule has 0 fully saturated rings. The molecule has 2 aromatic rings. The van der Waals surface area contributed by atoms with Gasteiger partial charge < -0.3 is 14.6 Å². The van der Waals surface area contributed by atoms with Crippen LogP contribution in [0, 0.1) is 0 Å². The zero-order valence-corrected chi connectivity index (χ0v) is 24.8. The van der Waals surface area contributed by atoms with E-state index < -0.39 is 17.3 Å². The van der Waals surface area contributed by atoms with Gasteiger partial charge in [0.25, 0.3) is 11.1 Å². The predicted octanol–water partition coefficient (Wildman–Crippen LogP) is -0.504. The van der Waals surface area contributed by atoms with Crippen LogP contribution >= 0.6 is 0 Å². The third-order valence-corrected chi connectivity index (χ3v) is 6.32. The number of nitrogens with zero attached hydrogens (tertiary/aromatic N) is 6. The first kappa shape index (κ1) is 33.5. The van der Waals surface area contributed by atoms with Gasteiger partial charge in [0.1, 0.15) is 11.6 Å². The number of ether oxygens (including phenoxy) is 2. The summed E-state index contributed by atoms with van der Waals surface area (Å²) in [6.45, 7) is 4.11. The van der Waals surface area contributed by atoms with Crippen molar-refractivity contribution in [1.29, 1.82) is 0 Å². The molecule has 0 aromatic carbocycles. The highest BCUT2D eigenvalue weighted by molar-refractivity contribution is 6.04. The monoisotopic (exact) mass is 588 g/mol. The van der Waals surface area contributed by atoms with E-state index in [9.17, 15) is 28.8 Å². The van der Waals surface area contributed by atoms with E-state index >= 15 is 0 Å². The number of allylic oxidation sites excluding steroid dienone is 1. The molecule has 4 rings (SSSR count). The first-order valence-electron chi connectivity index (χ1n) is 13.1. The highest BCUT2D eigenvalue weighted by atomic mass is 16.5. The molecule has 0 saturated carbocycles. The number of rotatable bonds is 7. The summed E-state index contributed by atoms with van der Waals surface area (Å²) in [7, 11) is 7.01. The Labute approximate surface area is 240 Å². The number of aliphatic hydroxyl groups excluding tert-OH is 1. The summed E-state index contributed by atoms with van der Waals surface area (Å²) in [4.78, 5) is 78.6. The molecular formula is C27H36N6O9. The molecule has 42 heavy (non-hydrogen) atoms. The van der Waals surface area contributed by atoms with Crippen LogP contribution in [0.3, 0.4) is 0 Å². The zero-order chi connectivity index (χ0) is 31.7. The minimum atomic E-state index is -0.465. The van der Waals surface area contributed by atoms with E-state index in [1.807, 2.05) is 0 Å². The van der Waals surface area contributed by atoms with E-state index in [-0.39, 0.29) is 23.5 Å². The van der Waals surface area contributed by atoms with Crippen LogP contribution in [-0.4, -0.2) is 67.1 Å². The highest BCUT2D eigenvalue weighted by Crippen LogP contribution is 2.23. The number of carbonyl (C=O) groups excluding carboxylic acids is 2. The molecule has 15 heteroatoms. The summed E-state index contributed by atoms with van der Waals surface area (Å²) >= 11 is 0. The minimum absolute atomic E-state index is 0.231. The maximum atomic E-state index is 12.0. The van der Waals surface area contributed by atoms with Gasteiger partial charge in [-0.05, 0) is 26.3 Å². The Hall–Kier alpha value is -4.66. The van der Waals surface area contributed by atoms with Gasteiger partial charge in [-0.2, -0.15) is 0 Å². The Morgan fingerprint density at radius 3 is 1.81 bits per heavy atom. The van der Waals surface area contributed by atoms with Gasteiger partial charge in [0.2, 0.25) is 0 Å². The van der Waals surface area contributed by atoms with E-state index in [4.69, 9.17) is 14.6 Å². The second-order valence-electron chi connectivity index (χ2n) is 9.04. The van der Waals surface area contributed by atoms with E-state index in [1.165, 1.54) is 35.4 Å². The Morgan fingerprint density at radius 1 is 0.786 bits per heavy atom. The van der Waals surface area contributed by atoms with Crippen molar-refractivity contribution < 1.29 is 24.2 Å². The SMILES string of the molecule is CCOC(=O)/C=C/C1=Nc2c(c(=O)n(C)c(=O)n2C)C1.CCOC(=O)CCC1=Nc2c(c(=O)n(C)c(=O)n2C)C1.CO. The Morgan fingerprint density at radius 2 is 1.29 bits per heavy atom. The third kappa shape index (κ3) is 7.34. The van der Waals surface area contributed by atoms with Crippen LogP contribution in [0.25, 0.3) is 0 Å². The highest BCUT2D eigenvalue weighted by Gasteiger charge is 2.24. The fraction of sp³-hybridized carbons (Fsp3) is 0.481. The molecule has 1 N–H and O–H groups in total. The molecular weight excluding hydrogens is 552 g/mol. The molecule has 2 aliphatic heterocycles. The topological polar surface area (TPSA) is 186 Å². The lowest BCUT2D eigenvalue weighted by atomic mass is 10.1. The number of fused-ring (bicyclic) bond motifs is 2. The standard InChI is InChI=1S/C13H17N3O4.C13H15N3O4.CH4O/c2*1-4-20-10(17)6-5-8-7-9-11(14-8)15(2)13(19)16(3)12(9)18;1-2/h4-7H2,1-3H3;5-6H,4,7H2,1-3H3;2H,1H3/b;6-5+;. The van der Waals surface area contributed by atoms with Crippen molar-refractivity contribution >= 4 is 35.0 Å². The first-order valence-corrected chi connectivity index (χ1v) is 13.1. The molecule has 0 unspecified atom stereocenters. The van der Waals surface area contributed by atoms with Crippen molar-refractivity contribution in [2.45, 2.75) is 39.5 Å². The molecule has 0 aliphatic carbocycles. The molecule has 15 nitrogen and oxygen atoms in total. The van der Waals surface area contributed by atoms with Crippen molar-refractivity contribution in [3.05, 3.63) is 65.0 Å². The Balaban J connectivity index is 0.000000277. The molecule has 2 aromatic heterocycles. The number of aromatic nitrogens is 4. The average Bonchev–Trinajstić information content (AvgIpc) is 3.62. The van der Waals surface area contributed by atoms with E-state index in [2.05, 4.69) is 9.98 Å². The number of hydrogen-bond acceptors (Lipinski definition) is 11. The molecule has 0 radical (unpaired) electrons. The number of carbonyl (C=O) groups is 2. The quantitative estimate of drug-likeness (QED) is 0.329. The molecule has 0 spiro atoms. The van der Waals surface area contributed by atoms with E-state index in [0.717, 1.165) is 22.0 Å². The largest absolute Gasteiger partial charge is 0.466 e. The number of esters is 2. The van der Waals surface area contributed by atoms with Gasteiger partial charge in [0.05, 0.1) is 30.8 Å². The van der Waals surface area contributed by atoms with Crippen LogP contribution in [0.5, 0.6) is 0 Å². The number of hydrogen-bond donors (Lipinski definition) is 1. The summed E-state index contributed by atoms with van der Waals surface area (Å²) in [6, 6.07) is 0. The second kappa shape index (κ2) is 14.8. The van der Waals surface area contributed by atoms with Crippen molar-refractivity contribution in [3.8, 4) is 0 Å². The summed E-state index contributed by atoms with van der Waals surface area (Å²) in [5.41, 5.74) is 0.742. The van der Waals surface area contributed by atoms with Gasteiger partial charge in [-0.3, -0.25) is 32.7 Å². The van der Waals surface area contributed by atoms with Crippen molar-refractivity contribution in [2.24, 2.45) is 38.2 Å². The number of aliphatic hydroxyl groups is 1. The van der Waals surface area contributed by atoms with Gasteiger partial charge in [-0.25, -0.2) is 24.4 Å². The van der Waals surface area contributed by atoms with Crippen LogP contribution < -0.4 is 22.5 Å². The van der Waals surface area contributed by atoms with Gasteiger partial charge in [-0.1, -0.05) is 0 Å². The third-order valence-electron chi connectivity index (χ3n) is 6.32. The molecule has 0 bridgehead atoms. The van der Waals surface area contributed by atoms with Gasteiger partial charge >= 0.3 is 23.3 Å². The molecule has 2 aliphatic rings. The lowest BCUT2D eigenvalue weighted by Crippen LogP contribution is -2.38. The van der Waals surface area contributed by atoms with Crippen molar-refractivity contribution in [2.75, 3.05) is 20.3 Å². The summed E-state index contributed by atoms with van der Waals surface area (Å²) in [5.74, 6) is -0.000497. The molecule has 228 valence electrons. The summed E-state index contributed by atoms with van der Waals surface area (Å²) in [6.07, 6.45) is 4.11. The van der Waals surface area contributed by atoms with Crippen LogP contribution in [-0.2, 0) is 60.1 Å². The first-order chi connectivity index (χ1) is 19.9. The van der Waals surface area contributed by atoms with Crippen molar-refractivity contribution in [3.63, 3.8) is 0 Å². The minimum Gasteiger partial charge on any atom is -0.466 e. The fourth-order valence-electron chi connectivity index (χ4n) is 4.22. The smallest absolute Gasteiger partial charge is 0.332 e. The van der Waals surface area contributed by atoms with Crippen LogP contribution in [0.1, 0.15) is 37.8 Å². The van der Waals surface area contributed by atoms with Gasteiger partial charge in [0, 0.05) is 65.6 Å². The van der Waals surface area contributed by atoms with E-state index in [0.29, 0.717) is 61.0 Å².